The van der Waals surface area contributed by atoms with Crippen LogP contribution >= 0.6 is 23.2 Å². The largest absolute Gasteiger partial charge is 0.295 e. The molecule has 5 heteroatoms. The van der Waals surface area contributed by atoms with Crippen molar-refractivity contribution in [1.82, 2.24) is 9.55 Å². The fourth-order valence-corrected chi connectivity index (χ4v) is 1.87. The predicted molar refractivity (Wildman–Crippen MR) is 64.1 cm³/mol. The van der Waals surface area contributed by atoms with E-state index in [1.165, 1.54) is 23.2 Å². The summed E-state index contributed by atoms with van der Waals surface area (Å²) in [7, 11) is 0. The fourth-order valence-electron chi connectivity index (χ4n) is 1.35. The molecule has 0 radical (unpaired) electrons. The fraction of sp³-hybridized carbons (Fsp3) is 0.0909. The summed E-state index contributed by atoms with van der Waals surface area (Å²) >= 11 is 12.0. The highest BCUT2D eigenvalue weighted by Crippen LogP contribution is 2.24. The van der Waals surface area contributed by atoms with Crippen molar-refractivity contribution < 1.29 is 0 Å². The van der Waals surface area contributed by atoms with Gasteiger partial charge in [0.1, 0.15) is 0 Å². The molecular weight excluding hydrogens is 247 g/mol. The average Bonchev–Trinajstić information content (AvgIpc) is 2.26. The molecule has 0 atom stereocenters. The van der Waals surface area contributed by atoms with E-state index in [1.807, 2.05) is 0 Å². The molecule has 16 heavy (non-hydrogen) atoms. The van der Waals surface area contributed by atoms with E-state index in [0.717, 1.165) is 5.56 Å². The van der Waals surface area contributed by atoms with E-state index >= 15 is 0 Å². The highest BCUT2D eigenvalue weighted by atomic mass is 35.5. The second kappa shape index (κ2) is 4.68. The van der Waals surface area contributed by atoms with Crippen LogP contribution in [0.5, 0.6) is 0 Å². The predicted octanol–water partition coefficient (Wildman–Crippen LogP) is 2.60. The molecule has 3 nitrogen and oxygen atoms in total. The molecule has 0 saturated heterocycles. The minimum Gasteiger partial charge on any atom is -0.295 e. The Bertz CT molecular complexity index is 546. The Kier molecular flexibility index (Phi) is 3.27. The Morgan fingerprint density at radius 2 is 1.88 bits per heavy atom. The maximum Gasteiger partial charge on any atom is 0.253 e. The smallest absolute Gasteiger partial charge is 0.253 e. The van der Waals surface area contributed by atoms with Crippen molar-refractivity contribution in [3.8, 4) is 0 Å². The van der Waals surface area contributed by atoms with Crippen molar-refractivity contribution in [3.05, 3.63) is 62.8 Å². The van der Waals surface area contributed by atoms with Crippen LogP contribution in [0.25, 0.3) is 0 Å². The van der Waals surface area contributed by atoms with Gasteiger partial charge in [-0.05, 0) is 12.1 Å². The Morgan fingerprint density at radius 1 is 1.19 bits per heavy atom. The van der Waals surface area contributed by atoms with E-state index in [2.05, 4.69) is 4.98 Å². The number of nitrogens with zero attached hydrogens (tertiary/aromatic N) is 2. The zero-order valence-corrected chi connectivity index (χ0v) is 9.74. The minimum absolute atomic E-state index is 0.133. The van der Waals surface area contributed by atoms with Crippen molar-refractivity contribution in [2.75, 3.05) is 0 Å². The molecule has 0 saturated carbocycles. The Hall–Kier alpha value is -1.32. The van der Waals surface area contributed by atoms with Crippen LogP contribution in [0.1, 0.15) is 5.56 Å². The monoisotopic (exact) mass is 254 g/mol. The van der Waals surface area contributed by atoms with Gasteiger partial charge in [-0.2, -0.15) is 0 Å². The molecule has 0 bridgehead atoms. The standard InChI is InChI=1S/C11H8Cl2N2O/c12-9-2-1-3-10(13)8(9)6-15-7-14-5-4-11(15)16/h1-5,7H,6H2. The second-order valence-electron chi connectivity index (χ2n) is 3.25. The highest BCUT2D eigenvalue weighted by molar-refractivity contribution is 6.35. The summed E-state index contributed by atoms with van der Waals surface area (Å²) in [5.74, 6) is 0. The first-order valence-corrected chi connectivity index (χ1v) is 5.37. The van der Waals surface area contributed by atoms with Gasteiger partial charge >= 0.3 is 0 Å². The van der Waals surface area contributed by atoms with E-state index in [9.17, 15) is 4.79 Å². The van der Waals surface area contributed by atoms with Gasteiger partial charge in [0.05, 0.1) is 12.9 Å². The molecule has 1 aromatic heterocycles. The van der Waals surface area contributed by atoms with Crippen LogP contribution in [0.3, 0.4) is 0 Å². The average molecular weight is 255 g/mol. The Labute approximate surface area is 102 Å². The normalized spacial score (nSPS) is 10.4. The van der Waals surface area contributed by atoms with Crippen LogP contribution < -0.4 is 5.56 Å². The number of hydrogen-bond donors (Lipinski definition) is 0. The van der Waals surface area contributed by atoms with Crippen LogP contribution in [0.15, 0.2) is 41.6 Å². The quantitative estimate of drug-likeness (QED) is 0.826. The molecule has 1 heterocycles. The first-order chi connectivity index (χ1) is 7.68. The first-order valence-electron chi connectivity index (χ1n) is 4.62. The highest BCUT2D eigenvalue weighted by Gasteiger charge is 2.06. The molecule has 1 aromatic carbocycles. The molecule has 0 amide bonds. The third-order valence-electron chi connectivity index (χ3n) is 2.18. The number of rotatable bonds is 2. The van der Waals surface area contributed by atoms with Gasteiger partial charge in [0.15, 0.2) is 0 Å². The zero-order chi connectivity index (χ0) is 11.5. The maximum absolute atomic E-state index is 11.5. The molecule has 0 aliphatic rings. The van der Waals surface area contributed by atoms with Crippen molar-refractivity contribution in [2.24, 2.45) is 0 Å². The minimum atomic E-state index is -0.133. The van der Waals surface area contributed by atoms with E-state index in [4.69, 9.17) is 23.2 Å². The molecule has 0 aliphatic carbocycles. The summed E-state index contributed by atoms with van der Waals surface area (Å²) in [6.45, 7) is 0.325. The third kappa shape index (κ3) is 2.26. The molecule has 0 spiro atoms. The van der Waals surface area contributed by atoms with E-state index in [1.54, 1.807) is 18.2 Å². The lowest BCUT2D eigenvalue weighted by molar-refractivity contribution is 0.736. The van der Waals surface area contributed by atoms with E-state index in [0.29, 0.717) is 16.6 Å². The maximum atomic E-state index is 11.5. The molecule has 0 aliphatic heterocycles. The van der Waals surface area contributed by atoms with Crippen molar-refractivity contribution in [2.45, 2.75) is 6.54 Å². The van der Waals surface area contributed by atoms with Crippen LogP contribution in [0.2, 0.25) is 10.0 Å². The van der Waals surface area contributed by atoms with Gasteiger partial charge in [0.2, 0.25) is 0 Å². The summed E-state index contributed by atoms with van der Waals surface area (Å²) in [5.41, 5.74) is 0.590. The van der Waals surface area contributed by atoms with Crippen molar-refractivity contribution in [1.29, 1.82) is 0 Å². The van der Waals surface area contributed by atoms with Gasteiger partial charge in [0, 0.05) is 27.9 Å². The molecule has 2 aromatic rings. The van der Waals surface area contributed by atoms with Gasteiger partial charge in [-0.25, -0.2) is 4.98 Å². The number of halogens is 2. The lowest BCUT2D eigenvalue weighted by atomic mass is 10.2. The number of aromatic nitrogens is 2. The SMILES string of the molecule is O=c1ccncn1Cc1c(Cl)cccc1Cl. The van der Waals surface area contributed by atoms with Crippen molar-refractivity contribution >= 4 is 23.2 Å². The molecule has 0 N–H and O–H groups in total. The summed E-state index contributed by atoms with van der Waals surface area (Å²) in [4.78, 5) is 15.4. The van der Waals surface area contributed by atoms with Gasteiger partial charge < -0.3 is 0 Å². The molecule has 0 unspecified atom stereocenters. The van der Waals surface area contributed by atoms with E-state index in [-0.39, 0.29) is 5.56 Å². The number of benzene rings is 1. The summed E-state index contributed by atoms with van der Waals surface area (Å²) in [6.07, 6.45) is 2.91. The van der Waals surface area contributed by atoms with Crippen LogP contribution in [-0.2, 0) is 6.54 Å². The lowest BCUT2D eigenvalue weighted by Crippen LogP contribution is -2.19. The van der Waals surface area contributed by atoms with Gasteiger partial charge in [-0.1, -0.05) is 29.3 Å². The Morgan fingerprint density at radius 3 is 2.50 bits per heavy atom. The number of hydrogen-bond acceptors (Lipinski definition) is 2. The summed E-state index contributed by atoms with van der Waals surface area (Å²) in [5, 5.41) is 1.09. The van der Waals surface area contributed by atoms with Crippen LogP contribution in [-0.4, -0.2) is 9.55 Å². The first kappa shape index (κ1) is 11.2. The third-order valence-corrected chi connectivity index (χ3v) is 2.89. The zero-order valence-electron chi connectivity index (χ0n) is 8.23. The molecular formula is C11H8Cl2N2O. The molecule has 2 rings (SSSR count). The van der Waals surface area contributed by atoms with Crippen LogP contribution in [0, 0.1) is 0 Å². The van der Waals surface area contributed by atoms with Gasteiger partial charge in [-0.3, -0.25) is 9.36 Å². The van der Waals surface area contributed by atoms with E-state index < -0.39 is 0 Å². The summed E-state index contributed by atoms with van der Waals surface area (Å²) < 4.78 is 1.45. The topological polar surface area (TPSA) is 34.9 Å². The van der Waals surface area contributed by atoms with Crippen molar-refractivity contribution in [3.63, 3.8) is 0 Å². The molecule has 82 valence electrons. The lowest BCUT2D eigenvalue weighted by Gasteiger charge is -2.08. The Balaban J connectivity index is 2.42. The molecule has 0 fully saturated rings. The van der Waals surface area contributed by atoms with Crippen LogP contribution in [0.4, 0.5) is 0 Å². The van der Waals surface area contributed by atoms with Gasteiger partial charge in [-0.15, -0.1) is 0 Å². The van der Waals surface area contributed by atoms with Gasteiger partial charge in [0.25, 0.3) is 5.56 Å². The second-order valence-corrected chi connectivity index (χ2v) is 4.06. The summed E-state index contributed by atoms with van der Waals surface area (Å²) in [6, 6.07) is 6.64.